The molecule has 2 N–H and O–H groups in total. The maximum absolute atomic E-state index is 12.2. The number of rotatable bonds is 7. The Balaban J connectivity index is 1.29. The fraction of sp³-hybridized carbons (Fsp3) is 0.381. The van der Waals surface area contributed by atoms with Gasteiger partial charge in [0.15, 0.2) is 0 Å². The van der Waals surface area contributed by atoms with Crippen molar-refractivity contribution < 1.29 is 9.53 Å². The van der Waals surface area contributed by atoms with Gasteiger partial charge >= 0.3 is 0 Å². The van der Waals surface area contributed by atoms with Crippen LogP contribution in [0.4, 0.5) is 10.9 Å². The second kappa shape index (κ2) is 9.62. The third-order valence-electron chi connectivity index (χ3n) is 5.13. The maximum atomic E-state index is 12.2. The number of carbonyl (C=O) groups excluding carboxylic acids is 1. The molecule has 1 amide bonds. The molecule has 1 fully saturated rings. The molecule has 3 aromatic heterocycles. The molecule has 9 heteroatoms. The van der Waals surface area contributed by atoms with Gasteiger partial charge in [-0.3, -0.25) is 10.1 Å². The van der Waals surface area contributed by atoms with Crippen molar-refractivity contribution in [3.63, 3.8) is 0 Å². The molecule has 156 valence electrons. The Hall–Kier alpha value is -3.07. The van der Waals surface area contributed by atoms with Crippen molar-refractivity contribution in [2.75, 3.05) is 10.6 Å². The molecule has 3 aromatic rings. The molecule has 0 spiro atoms. The average Bonchev–Trinajstić information content (AvgIpc) is 3.28. The van der Waals surface area contributed by atoms with Gasteiger partial charge in [-0.2, -0.15) is 0 Å². The summed E-state index contributed by atoms with van der Waals surface area (Å²) in [5, 5.41) is 13.9. The Labute approximate surface area is 179 Å². The zero-order valence-electron chi connectivity index (χ0n) is 16.7. The zero-order chi connectivity index (χ0) is 20.8. The Kier molecular flexibility index (Phi) is 6.48. The van der Waals surface area contributed by atoms with Crippen LogP contribution in [0.25, 0.3) is 0 Å². The molecule has 1 aliphatic rings. The van der Waals surface area contributed by atoms with E-state index < -0.39 is 0 Å². The Bertz CT molecular complexity index is 956. The van der Waals surface area contributed by atoms with Crippen LogP contribution in [0.2, 0.25) is 0 Å². The number of aromatic nitrogens is 4. The SMILES string of the molecule is CC1CCC(Oc2cc(CNc3ccc(C(=O)Nc4nncs4)cn3)ccn2)CC1. The normalized spacial score (nSPS) is 18.6. The van der Waals surface area contributed by atoms with E-state index in [0.29, 0.717) is 28.9 Å². The minimum Gasteiger partial charge on any atom is -0.474 e. The molecule has 8 nitrogen and oxygen atoms in total. The van der Waals surface area contributed by atoms with Crippen molar-refractivity contribution in [2.45, 2.75) is 45.3 Å². The predicted molar refractivity (Wildman–Crippen MR) is 116 cm³/mol. The van der Waals surface area contributed by atoms with E-state index in [-0.39, 0.29) is 12.0 Å². The molecule has 0 unspecified atom stereocenters. The van der Waals surface area contributed by atoms with Crippen LogP contribution < -0.4 is 15.4 Å². The first kappa shape index (κ1) is 20.2. The highest BCUT2D eigenvalue weighted by atomic mass is 32.1. The fourth-order valence-corrected chi connectivity index (χ4v) is 3.81. The van der Waals surface area contributed by atoms with E-state index in [2.05, 4.69) is 37.7 Å². The molecule has 0 bridgehead atoms. The lowest BCUT2D eigenvalue weighted by Crippen LogP contribution is -2.23. The molecule has 30 heavy (non-hydrogen) atoms. The van der Waals surface area contributed by atoms with Crippen LogP contribution in [-0.4, -0.2) is 32.2 Å². The number of hydrogen-bond acceptors (Lipinski definition) is 8. The van der Waals surface area contributed by atoms with E-state index in [1.807, 2.05) is 12.1 Å². The van der Waals surface area contributed by atoms with Crippen LogP contribution >= 0.6 is 11.3 Å². The lowest BCUT2D eigenvalue weighted by atomic mass is 9.89. The van der Waals surface area contributed by atoms with Crippen LogP contribution in [-0.2, 0) is 6.54 Å². The van der Waals surface area contributed by atoms with E-state index in [1.165, 1.54) is 30.4 Å². The molecule has 3 heterocycles. The monoisotopic (exact) mass is 424 g/mol. The quantitative estimate of drug-likeness (QED) is 0.587. The van der Waals surface area contributed by atoms with E-state index in [9.17, 15) is 4.79 Å². The van der Waals surface area contributed by atoms with Crippen molar-refractivity contribution in [2.24, 2.45) is 5.92 Å². The summed E-state index contributed by atoms with van der Waals surface area (Å²) < 4.78 is 6.07. The smallest absolute Gasteiger partial charge is 0.259 e. The standard InChI is InChI=1S/C21H24N6O2S/c1-14-2-5-17(6-3-14)29-19-10-15(8-9-22-19)11-23-18-7-4-16(12-24-18)20(28)26-21-27-25-13-30-21/h4,7-10,12-14,17H,2-3,5-6,11H2,1H3,(H,23,24)(H,26,27,28). The number of anilines is 2. The topological polar surface area (TPSA) is 102 Å². The summed E-state index contributed by atoms with van der Waals surface area (Å²) in [6.45, 7) is 2.89. The van der Waals surface area contributed by atoms with Crippen molar-refractivity contribution in [1.29, 1.82) is 0 Å². The molecule has 0 atom stereocenters. The van der Waals surface area contributed by atoms with Crippen LogP contribution in [0.3, 0.4) is 0 Å². The molecule has 1 saturated carbocycles. The van der Waals surface area contributed by atoms with Crippen LogP contribution in [0, 0.1) is 5.92 Å². The molecule has 0 aliphatic heterocycles. The minimum absolute atomic E-state index is 0.262. The highest BCUT2D eigenvalue weighted by molar-refractivity contribution is 7.13. The molecule has 1 aliphatic carbocycles. The van der Waals surface area contributed by atoms with Crippen LogP contribution in [0.1, 0.15) is 48.5 Å². The maximum Gasteiger partial charge on any atom is 0.259 e. The molecular weight excluding hydrogens is 400 g/mol. The highest BCUT2D eigenvalue weighted by Crippen LogP contribution is 2.26. The number of ether oxygens (including phenoxy) is 1. The number of pyridine rings is 2. The van der Waals surface area contributed by atoms with E-state index in [0.717, 1.165) is 24.3 Å². The van der Waals surface area contributed by atoms with Gasteiger partial charge < -0.3 is 10.1 Å². The van der Waals surface area contributed by atoms with Crippen LogP contribution in [0.5, 0.6) is 5.88 Å². The van der Waals surface area contributed by atoms with Crippen molar-refractivity contribution >= 4 is 28.2 Å². The van der Waals surface area contributed by atoms with Crippen molar-refractivity contribution in [3.8, 4) is 5.88 Å². The first-order chi connectivity index (χ1) is 14.7. The van der Waals surface area contributed by atoms with Gasteiger partial charge in [0, 0.05) is 25.0 Å². The number of nitrogens with one attached hydrogen (secondary N) is 2. The number of hydrogen-bond donors (Lipinski definition) is 2. The summed E-state index contributed by atoms with van der Waals surface area (Å²) in [5.74, 6) is 1.88. The zero-order valence-corrected chi connectivity index (χ0v) is 17.6. The summed E-state index contributed by atoms with van der Waals surface area (Å²) >= 11 is 1.26. The third-order valence-corrected chi connectivity index (χ3v) is 5.74. The first-order valence-corrected chi connectivity index (χ1v) is 10.9. The fourth-order valence-electron chi connectivity index (χ4n) is 3.37. The Morgan fingerprint density at radius 1 is 1.20 bits per heavy atom. The Morgan fingerprint density at radius 2 is 2.07 bits per heavy atom. The third kappa shape index (κ3) is 5.50. The van der Waals surface area contributed by atoms with Gasteiger partial charge in [0.1, 0.15) is 17.4 Å². The van der Waals surface area contributed by atoms with Gasteiger partial charge in [-0.05, 0) is 55.4 Å². The van der Waals surface area contributed by atoms with Gasteiger partial charge in [-0.15, -0.1) is 10.2 Å². The molecule has 0 aromatic carbocycles. The molecular formula is C21H24N6O2S. The number of amides is 1. The van der Waals surface area contributed by atoms with Crippen molar-refractivity contribution in [1.82, 2.24) is 20.2 Å². The molecule has 4 rings (SSSR count). The van der Waals surface area contributed by atoms with E-state index in [4.69, 9.17) is 4.74 Å². The summed E-state index contributed by atoms with van der Waals surface area (Å²) in [6.07, 6.45) is 8.18. The summed E-state index contributed by atoms with van der Waals surface area (Å²) in [4.78, 5) is 20.8. The number of nitrogens with zero attached hydrogens (tertiary/aromatic N) is 4. The van der Waals surface area contributed by atoms with E-state index >= 15 is 0 Å². The predicted octanol–water partition coefficient (Wildman–Crippen LogP) is 4.15. The second-order valence-corrected chi connectivity index (χ2v) is 8.32. The summed E-state index contributed by atoms with van der Waals surface area (Å²) in [7, 11) is 0. The lowest BCUT2D eigenvalue weighted by molar-refractivity contribution is 0.102. The first-order valence-electron chi connectivity index (χ1n) is 10.0. The van der Waals surface area contributed by atoms with Gasteiger partial charge in [0.2, 0.25) is 11.0 Å². The Morgan fingerprint density at radius 3 is 2.80 bits per heavy atom. The summed E-state index contributed by atoms with van der Waals surface area (Å²) in [5.41, 5.74) is 3.08. The highest BCUT2D eigenvalue weighted by Gasteiger charge is 2.20. The van der Waals surface area contributed by atoms with Gasteiger partial charge in [-0.1, -0.05) is 18.3 Å². The number of carbonyl (C=O) groups is 1. The largest absolute Gasteiger partial charge is 0.474 e. The molecule has 0 radical (unpaired) electrons. The second-order valence-electron chi connectivity index (χ2n) is 7.49. The lowest BCUT2D eigenvalue weighted by Gasteiger charge is -2.26. The average molecular weight is 425 g/mol. The van der Waals surface area contributed by atoms with Crippen LogP contribution in [0.15, 0.2) is 42.2 Å². The van der Waals surface area contributed by atoms with Crippen molar-refractivity contribution in [3.05, 3.63) is 53.3 Å². The van der Waals surface area contributed by atoms with Gasteiger partial charge in [0.25, 0.3) is 5.91 Å². The van der Waals surface area contributed by atoms with Gasteiger partial charge in [0.05, 0.1) is 5.56 Å². The van der Waals surface area contributed by atoms with Gasteiger partial charge in [-0.25, -0.2) is 9.97 Å². The molecule has 0 saturated heterocycles. The van der Waals surface area contributed by atoms with E-state index in [1.54, 1.807) is 23.8 Å². The minimum atomic E-state index is -0.265. The summed E-state index contributed by atoms with van der Waals surface area (Å²) in [6, 6.07) is 7.41.